The van der Waals surface area contributed by atoms with E-state index in [0.29, 0.717) is 19.6 Å². The Labute approximate surface area is 113 Å². The van der Waals surface area contributed by atoms with E-state index in [1.807, 2.05) is 30.3 Å². The van der Waals surface area contributed by atoms with Gasteiger partial charge in [-0.2, -0.15) is 0 Å². The summed E-state index contributed by atoms with van der Waals surface area (Å²) in [5.74, 6) is -0.953. The molecule has 19 heavy (non-hydrogen) atoms. The van der Waals surface area contributed by atoms with E-state index in [0.717, 1.165) is 25.1 Å². The molecule has 0 aliphatic carbocycles. The van der Waals surface area contributed by atoms with Gasteiger partial charge in [-0.3, -0.25) is 9.59 Å². The molecule has 2 rings (SSSR count). The van der Waals surface area contributed by atoms with Gasteiger partial charge in [0.15, 0.2) is 0 Å². The van der Waals surface area contributed by atoms with Crippen molar-refractivity contribution >= 4 is 11.8 Å². The molecule has 2 N–H and O–H groups in total. The molecule has 0 aromatic heterocycles. The molecule has 1 fully saturated rings. The van der Waals surface area contributed by atoms with Crippen molar-refractivity contribution in [3.63, 3.8) is 0 Å². The third kappa shape index (κ3) is 4.06. The zero-order valence-corrected chi connectivity index (χ0v) is 10.9. The van der Waals surface area contributed by atoms with Crippen LogP contribution in [0.25, 0.3) is 0 Å². The van der Waals surface area contributed by atoms with E-state index >= 15 is 0 Å². The standard InChI is InChI=1S/C14H19N3O2/c18-13(16-11-12-5-2-1-3-6-12)14(19)17-9-4-7-15-8-10-17/h1-3,5-6,15H,4,7-11H2,(H,16,18). The van der Waals surface area contributed by atoms with Gasteiger partial charge in [0.2, 0.25) is 0 Å². The second-order valence-corrected chi connectivity index (χ2v) is 4.56. The van der Waals surface area contributed by atoms with Gasteiger partial charge in [0, 0.05) is 26.2 Å². The van der Waals surface area contributed by atoms with Crippen LogP contribution in [0, 0.1) is 0 Å². The van der Waals surface area contributed by atoms with Gasteiger partial charge in [-0.1, -0.05) is 30.3 Å². The molecular weight excluding hydrogens is 242 g/mol. The Kier molecular flexibility index (Phi) is 4.92. The fraction of sp³-hybridized carbons (Fsp3) is 0.429. The molecule has 1 aromatic rings. The normalized spacial score (nSPS) is 15.7. The maximum atomic E-state index is 12.0. The monoisotopic (exact) mass is 261 g/mol. The van der Waals surface area contributed by atoms with Gasteiger partial charge in [0.1, 0.15) is 0 Å². The number of carbonyl (C=O) groups is 2. The van der Waals surface area contributed by atoms with Crippen LogP contribution in [0.1, 0.15) is 12.0 Å². The average molecular weight is 261 g/mol. The molecule has 102 valence electrons. The molecule has 0 bridgehead atoms. The molecule has 0 spiro atoms. The van der Waals surface area contributed by atoms with Crippen molar-refractivity contribution in [2.75, 3.05) is 26.2 Å². The number of amides is 2. The smallest absolute Gasteiger partial charge is 0.311 e. The molecule has 5 nitrogen and oxygen atoms in total. The van der Waals surface area contributed by atoms with E-state index in [1.54, 1.807) is 4.90 Å². The summed E-state index contributed by atoms with van der Waals surface area (Å²) in [7, 11) is 0. The molecule has 0 unspecified atom stereocenters. The predicted octanol–water partition coefficient (Wildman–Crippen LogP) is 0.125. The topological polar surface area (TPSA) is 61.4 Å². The summed E-state index contributed by atoms with van der Waals surface area (Å²) in [5.41, 5.74) is 0.987. The van der Waals surface area contributed by atoms with Crippen molar-refractivity contribution in [2.45, 2.75) is 13.0 Å². The zero-order valence-electron chi connectivity index (χ0n) is 10.9. The maximum absolute atomic E-state index is 12.0. The number of hydrogen-bond donors (Lipinski definition) is 2. The second-order valence-electron chi connectivity index (χ2n) is 4.56. The van der Waals surface area contributed by atoms with Gasteiger partial charge in [-0.05, 0) is 18.5 Å². The predicted molar refractivity (Wildman–Crippen MR) is 72.4 cm³/mol. The summed E-state index contributed by atoms with van der Waals surface area (Å²) in [6.07, 6.45) is 0.887. The Hall–Kier alpha value is -1.88. The van der Waals surface area contributed by atoms with E-state index in [9.17, 15) is 9.59 Å². The first-order valence-electron chi connectivity index (χ1n) is 6.59. The van der Waals surface area contributed by atoms with Crippen LogP contribution in [0.5, 0.6) is 0 Å². The minimum Gasteiger partial charge on any atom is -0.344 e. The van der Waals surface area contributed by atoms with Crippen molar-refractivity contribution < 1.29 is 9.59 Å². The van der Waals surface area contributed by atoms with E-state index < -0.39 is 11.8 Å². The third-order valence-corrected chi connectivity index (χ3v) is 3.12. The molecule has 5 heteroatoms. The zero-order chi connectivity index (χ0) is 13.5. The van der Waals surface area contributed by atoms with Crippen molar-refractivity contribution in [2.24, 2.45) is 0 Å². The third-order valence-electron chi connectivity index (χ3n) is 3.12. The highest BCUT2D eigenvalue weighted by atomic mass is 16.2. The van der Waals surface area contributed by atoms with E-state index in [1.165, 1.54) is 0 Å². The van der Waals surface area contributed by atoms with Gasteiger partial charge >= 0.3 is 11.8 Å². The first kappa shape index (κ1) is 13.5. The Morgan fingerprint density at radius 3 is 2.74 bits per heavy atom. The molecule has 1 aliphatic heterocycles. The molecule has 1 aliphatic rings. The van der Waals surface area contributed by atoms with E-state index in [-0.39, 0.29) is 0 Å². The maximum Gasteiger partial charge on any atom is 0.311 e. The van der Waals surface area contributed by atoms with Crippen LogP contribution in [0.4, 0.5) is 0 Å². The van der Waals surface area contributed by atoms with Gasteiger partial charge < -0.3 is 15.5 Å². The molecule has 1 saturated heterocycles. The Bertz CT molecular complexity index is 426. The lowest BCUT2D eigenvalue weighted by Crippen LogP contribution is -2.44. The highest BCUT2D eigenvalue weighted by Gasteiger charge is 2.21. The Morgan fingerprint density at radius 1 is 1.16 bits per heavy atom. The molecule has 0 atom stereocenters. The molecule has 0 radical (unpaired) electrons. The number of benzene rings is 1. The van der Waals surface area contributed by atoms with Crippen LogP contribution in [-0.4, -0.2) is 42.9 Å². The fourth-order valence-corrected chi connectivity index (χ4v) is 2.05. The average Bonchev–Trinajstić information content (AvgIpc) is 2.74. The van der Waals surface area contributed by atoms with Crippen LogP contribution in [0.3, 0.4) is 0 Å². The highest BCUT2D eigenvalue weighted by Crippen LogP contribution is 1.99. The van der Waals surface area contributed by atoms with Gasteiger partial charge in [-0.25, -0.2) is 0 Å². The van der Waals surface area contributed by atoms with E-state index in [2.05, 4.69) is 10.6 Å². The summed E-state index contributed by atoms with van der Waals surface area (Å²) in [4.78, 5) is 25.4. The number of hydrogen-bond acceptors (Lipinski definition) is 3. The van der Waals surface area contributed by atoms with Crippen LogP contribution < -0.4 is 10.6 Å². The minimum absolute atomic E-state index is 0.386. The molecular formula is C14H19N3O2. The summed E-state index contributed by atoms with van der Waals surface area (Å²) >= 11 is 0. The number of carbonyl (C=O) groups excluding carboxylic acids is 2. The molecule has 1 aromatic carbocycles. The summed E-state index contributed by atoms with van der Waals surface area (Å²) in [5, 5.41) is 5.87. The lowest BCUT2D eigenvalue weighted by Gasteiger charge is -2.19. The van der Waals surface area contributed by atoms with Crippen molar-refractivity contribution in [1.82, 2.24) is 15.5 Å². The van der Waals surface area contributed by atoms with Gasteiger partial charge in [0.25, 0.3) is 0 Å². The second kappa shape index (κ2) is 6.89. The van der Waals surface area contributed by atoms with Crippen LogP contribution in [-0.2, 0) is 16.1 Å². The summed E-state index contributed by atoms with van der Waals surface area (Å²) in [6.45, 7) is 3.27. The van der Waals surface area contributed by atoms with Crippen LogP contribution in [0.15, 0.2) is 30.3 Å². The largest absolute Gasteiger partial charge is 0.344 e. The van der Waals surface area contributed by atoms with Gasteiger partial charge in [0.05, 0.1) is 0 Å². The SMILES string of the molecule is O=C(NCc1ccccc1)C(=O)N1CCCNCC1. The first-order chi connectivity index (χ1) is 9.27. The summed E-state index contributed by atoms with van der Waals surface area (Å²) in [6, 6.07) is 9.56. The van der Waals surface area contributed by atoms with Crippen molar-refractivity contribution in [3.8, 4) is 0 Å². The quantitative estimate of drug-likeness (QED) is 0.744. The Balaban J connectivity index is 1.83. The Morgan fingerprint density at radius 2 is 1.95 bits per heavy atom. The van der Waals surface area contributed by atoms with Gasteiger partial charge in [-0.15, -0.1) is 0 Å². The number of nitrogens with one attached hydrogen (secondary N) is 2. The molecule has 0 saturated carbocycles. The molecule has 2 amide bonds. The number of nitrogens with zero attached hydrogens (tertiary/aromatic N) is 1. The summed E-state index contributed by atoms with van der Waals surface area (Å²) < 4.78 is 0. The fourth-order valence-electron chi connectivity index (χ4n) is 2.05. The lowest BCUT2D eigenvalue weighted by molar-refractivity contribution is -0.145. The lowest BCUT2D eigenvalue weighted by atomic mass is 10.2. The minimum atomic E-state index is -0.522. The van der Waals surface area contributed by atoms with Crippen molar-refractivity contribution in [3.05, 3.63) is 35.9 Å². The van der Waals surface area contributed by atoms with E-state index in [4.69, 9.17) is 0 Å². The first-order valence-corrected chi connectivity index (χ1v) is 6.59. The molecule has 1 heterocycles. The number of rotatable bonds is 2. The highest BCUT2D eigenvalue weighted by molar-refractivity contribution is 6.34. The van der Waals surface area contributed by atoms with Crippen molar-refractivity contribution in [1.29, 1.82) is 0 Å². The van der Waals surface area contributed by atoms with Crippen LogP contribution in [0.2, 0.25) is 0 Å². The van der Waals surface area contributed by atoms with Crippen LogP contribution >= 0.6 is 0 Å².